The maximum Gasteiger partial charge on any atom is 0.238 e. The number of aliphatic hydroxyl groups excluding tert-OH is 1. The Morgan fingerprint density at radius 2 is 1.97 bits per heavy atom. The van der Waals surface area contributed by atoms with Gasteiger partial charge in [0.15, 0.2) is 0 Å². The van der Waals surface area contributed by atoms with Crippen molar-refractivity contribution in [2.24, 2.45) is 0 Å². The first-order chi connectivity index (χ1) is 14.6. The van der Waals surface area contributed by atoms with Crippen LogP contribution < -0.4 is 0 Å². The van der Waals surface area contributed by atoms with Crippen LogP contribution in [0.5, 0.6) is 0 Å². The average Bonchev–Trinajstić information content (AvgIpc) is 2.75. The summed E-state index contributed by atoms with van der Waals surface area (Å²) < 4.78 is 19.1. The van der Waals surface area contributed by atoms with Crippen LogP contribution in [0.3, 0.4) is 0 Å². The lowest BCUT2D eigenvalue weighted by Gasteiger charge is -2.52. The number of ether oxygens (including phenoxy) is 1. The van der Waals surface area contributed by atoms with E-state index in [2.05, 4.69) is 6.07 Å². The summed E-state index contributed by atoms with van der Waals surface area (Å²) in [4.78, 5) is 16.4. The maximum absolute atomic E-state index is 13.8. The largest absolute Gasteiger partial charge is 0.394 e. The molecule has 1 N–H and O–H groups in total. The number of likely N-dealkylation sites (tertiary alicyclic amines) is 1. The summed E-state index contributed by atoms with van der Waals surface area (Å²) in [6, 6.07) is 14.9. The van der Waals surface area contributed by atoms with E-state index in [0.717, 1.165) is 11.1 Å². The lowest BCUT2D eigenvalue weighted by atomic mass is 9.73. The molecule has 0 aromatic heterocycles. The van der Waals surface area contributed by atoms with Gasteiger partial charge in [-0.05, 0) is 28.8 Å². The van der Waals surface area contributed by atoms with E-state index in [1.807, 2.05) is 35.2 Å². The van der Waals surface area contributed by atoms with Crippen LogP contribution in [0.25, 0.3) is 11.1 Å². The summed E-state index contributed by atoms with van der Waals surface area (Å²) in [6.45, 7) is 2.48. The number of aliphatic hydroxyl groups is 1. The smallest absolute Gasteiger partial charge is 0.238 e. The molecule has 3 atom stereocenters. The molecule has 0 radical (unpaired) electrons. The summed E-state index contributed by atoms with van der Waals surface area (Å²) in [7, 11) is 0. The van der Waals surface area contributed by atoms with Crippen molar-refractivity contribution < 1.29 is 19.0 Å². The highest BCUT2D eigenvalue weighted by molar-refractivity contribution is 5.82. The molecule has 2 aromatic carbocycles. The standard InChI is InChI=1S/C23H24FN3O3/c24-17-5-3-4-16(12-17)18-6-1-2-7-19(18)23-20(13-25)27(21(23)15-28)22(29)14-26-8-10-30-11-9-26/h1-7,12,20-21,23,28H,8-11,14-15H2/t20-,21+,23-/m0/s1. The van der Waals surface area contributed by atoms with Gasteiger partial charge >= 0.3 is 0 Å². The lowest BCUT2D eigenvalue weighted by Crippen LogP contribution is -2.66. The van der Waals surface area contributed by atoms with Crippen LogP contribution in [0, 0.1) is 17.1 Å². The molecule has 0 unspecified atom stereocenters. The molecule has 0 aliphatic carbocycles. The Morgan fingerprint density at radius 1 is 1.20 bits per heavy atom. The predicted molar refractivity (Wildman–Crippen MR) is 109 cm³/mol. The van der Waals surface area contributed by atoms with Gasteiger partial charge < -0.3 is 14.7 Å². The molecular weight excluding hydrogens is 385 g/mol. The zero-order valence-electron chi connectivity index (χ0n) is 16.6. The third-order valence-corrected chi connectivity index (χ3v) is 5.94. The molecule has 2 aliphatic heterocycles. The zero-order valence-corrected chi connectivity index (χ0v) is 16.6. The van der Waals surface area contributed by atoms with Gasteiger partial charge in [0.2, 0.25) is 5.91 Å². The maximum atomic E-state index is 13.8. The number of carbonyl (C=O) groups excluding carboxylic acids is 1. The van der Waals surface area contributed by atoms with Gasteiger partial charge in [-0.15, -0.1) is 0 Å². The first-order valence-corrected chi connectivity index (χ1v) is 10.1. The second-order valence-electron chi connectivity index (χ2n) is 7.64. The van der Waals surface area contributed by atoms with Gasteiger partial charge in [0.05, 0.1) is 38.5 Å². The van der Waals surface area contributed by atoms with Crippen molar-refractivity contribution in [2.75, 3.05) is 39.5 Å². The van der Waals surface area contributed by atoms with Crippen LogP contribution >= 0.6 is 0 Å². The van der Waals surface area contributed by atoms with Crippen LogP contribution in [-0.2, 0) is 9.53 Å². The van der Waals surface area contributed by atoms with E-state index >= 15 is 0 Å². The van der Waals surface area contributed by atoms with E-state index in [1.54, 1.807) is 6.07 Å². The lowest BCUT2D eigenvalue weighted by molar-refractivity contribution is -0.149. The second kappa shape index (κ2) is 8.92. The fourth-order valence-corrected chi connectivity index (χ4v) is 4.46. The number of hydrogen-bond acceptors (Lipinski definition) is 5. The molecule has 6 nitrogen and oxygen atoms in total. The fourth-order valence-electron chi connectivity index (χ4n) is 4.46. The van der Waals surface area contributed by atoms with Crippen molar-refractivity contribution in [2.45, 2.75) is 18.0 Å². The molecule has 2 aromatic rings. The van der Waals surface area contributed by atoms with E-state index in [0.29, 0.717) is 31.9 Å². The minimum absolute atomic E-state index is 0.165. The SMILES string of the molecule is N#C[C@H]1[C@H](c2ccccc2-c2cccc(F)c2)[C@@H](CO)N1C(=O)CN1CCOCC1. The van der Waals surface area contributed by atoms with Crippen LogP contribution in [0.1, 0.15) is 11.5 Å². The normalized spacial score (nSPS) is 24.2. The molecule has 7 heteroatoms. The van der Waals surface area contributed by atoms with E-state index in [9.17, 15) is 19.6 Å². The Bertz CT molecular complexity index is 955. The van der Waals surface area contributed by atoms with Gasteiger partial charge in [0, 0.05) is 19.0 Å². The average molecular weight is 409 g/mol. The fraction of sp³-hybridized carbons (Fsp3) is 0.391. The van der Waals surface area contributed by atoms with Crippen LogP contribution in [0.4, 0.5) is 4.39 Å². The van der Waals surface area contributed by atoms with Crippen molar-refractivity contribution in [1.82, 2.24) is 9.80 Å². The quantitative estimate of drug-likeness (QED) is 0.818. The first-order valence-electron chi connectivity index (χ1n) is 10.1. The Labute approximate surface area is 175 Å². The third-order valence-electron chi connectivity index (χ3n) is 5.94. The van der Waals surface area contributed by atoms with E-state index in [4.69, 9.17) is 4.74 Å². The van der Waals surface area contributed by atoms with Crippen LogP contribution in [0.15, 0.2) is 48.5 Å². The topological polar surface area (TPSA) is 76.8 Å². The highest BCUT2D eigenvalue weighted by Crippen LogP contribution is 2.44. The number of amides is 1. The molecule has 2 heterocycles. The van der Waals surface area contributed by atoms with Crippen molar-refractivity contribution in [3.63, 3.8) is 0 Å². The minimum atomic E-state index is -0.676. The molecule has 0 bridgehead atoms. The third kappa shape index (κ3) is 3.82. The number of nitrogens with zero attached hydrogens (tertiary/aromatic N) is 3. The molecule has 2 aliphatic rings. The van der Waals surface area contributed by atoms with Crippen LogP contribution in [0.2, 0.25) is 0 Å². The number of benzene rings is 2. The first kappa shape index (κ1) is 20.5. The highest BCUT2D eigenvalue weighted by Gasteiger charge is 2.52. The highest BCUT2D eigenvalue weighted by atomic mass is 19.1. The summed E-state index contributed by atoms with van der Waals surface area (Å²) in [5, 5.41) is 19.9. The van der Waals surface area contributed by atoms with E-state index in [1.165, 1.54) is 17.0 Å². The molecule has 30 heavy (non-hydrogen) atoms. The van der Waals surface area contributed by atoms with Gasteiger partial charge in [0.1, 0.15) is 11.9 Å². The number of morpholine rings is 1. The van der Waals surface area contributed by atoms with Gasteiger partial charge in [-0.3, -0.25) is 9.69 Å². The van der Waals surface area contributed by atoms with Crippen LogP contribution in [-0.4, -0.2) is 72.4 Å². The molecular formula is C23H24FN3O3. The minimum Gasteiger partial charge on any atom is -0.394 e. The molecule has 2 fully saturated rings. The molecule has 1 amide bonds. The number of halogens is 1. The Hall–Kier alpha value is -2.79. The number of carbonyl (C=O) groups is 1. The summed E-state index contributed by atoms with van der Waals surface area (Å²) in [6.07, 6.45) is 0. The van der Waals surface area contributed by atoms with Crippen molar-refractivity contribution >= 4 is 5.91 Å². The number of rotatable bonds is 5. The molecule has 4 rings (SSSR count). The number of hydrogen-bond donors (Lipinski definition) is 1. The number of nitriles is 1. The van der Waals surface area contributed by atoms with Gasteiger partial charge in [-0.1, -0.05) is 36.4 Å². The van der Waals surface area contributed by atoms with Crippen molar-refractivity contribution in [3.05, 3.63) is 59.9 Å². The summed E-state index contributed by atoms with van der Waals surface area (Å²) in [5.74, 6) is -0.844. The molecule has 2 saturated heterocycles. The summed E-state index contributed by atoms with van der Waals surface area (Å²) >= 11 is 0. The Morgan fingerprint density at radius 3 is 2.67 bits per heavy atom. The molecule has 0 saturated carbocycles. The molecule has 156 valence electrons. The summed E-state index contributed by atoms with van der Waals surface area (Å²) in [5.41, 5.74) is 2.35. The monoisotopic (exact) mass is 409 g/mol. The van der Waals surface area contributed by atoms with Gasteiger partial charge in [-0.2, -0.15) is 5.26 Å². The van der Waals surface area contributed by atoms with E-state index in [-0.39, 0.29) is 30.8 Å². The Kier molecular flexibility index (Phi) is 6.09. The van der Waals surface area contributed by atoms with Crippen molar-refractivity contribution in [3.8, 4) is 17.2 Å². The predicted octanol–water partition coefficient (Wildman–Crippen LogP) is 2.00. The zero-order chi connectivity index (χ0) is 21.1. The van der Waals surface area contributed by atoms with E-state index < -0.39 is 12.1 Å². The van der Waals surface area contributed by atoms with Gasteiger partial charge in [-0.25, -0.2) is 4.39 Å². The molecule has 0 spiro atoms. The second-order valence-corrected chi connectivity index (χ2v) is 7.64. The van der Waals surface area contributed by atoms with Crippen molar-refractivity contribution in [1.29, 1.82) is 5.26 Å². The van der Waals surface area contributed by atoms with Gasteiger partial charge in [0.25, 0.3) is 0 Å². The Balaban J connectivity index is 1.61.